The summed E-state index contributed by atoms with van der Waals surface area (Å²) in [5, 5.41) is 4.48. The minimum absolute atomic E-state index is 0.386. The fraction of sp³-hybridized carbons (Fsp3) is 0.500. The van der Waals surface area contributed by atoms with Crippen LogP contribution < -0.4 is 10.6 Å². The van der Waals surface area contributed by atoms with Gasteiger partial charge in [0, 0.05) is 7.05 Å². The van der Waals surface area contributed by atoms with Crippen molar-refractivity contribution in [3.05, 3.63) is 11.5 Å². The first-order valence-corrected chi connectivity index (χ1v) is 5.95. The topological polar surface area (TPSA) is 84.2 Å². The first-order chi connectivity index (χ1) is 7.93. The average molecular weight is 257 g/mol. The van der Waals surface area contributed by atoms with Gasteiger partial charge in [0.25, 0.3) is 5.22 Å². The maximum Gasteiger partial charge on any atom is 0.321 e. The molecule has 1 aromatic heterocycles. The lowest BCUT2D eigenvalue weighted by Gasteiger charge is -2.08. The quantitative estimate of drug-likeness (QED) is 0.795. The summed E-state index contributed by atoms with van der Waals surface area (Å²) in [6.45, 7) is 5.32. The molecule has 0 radical (unpaired) electrons. The molecule has 0 saturated carbocycles. The van der Waals surface area contributed by atoms with Crippen molar-refractivity contribution in [2.24, 2.45) is 0 Å². The van der Waals surface area contributed by atoms with E-state index in [-0.39, 0.29) is 5.91 Å². The second-order valence-corrected chi connectivity index (χ2v) is 4.74. The maximum atomic E-state index is 11.5. The van der Waals surface area contributed by atoms with Crippen molar-refractivity contribution in [2.75, 3.05) is 7.05 Å². The van der Waals surface area contributed by atoms with E-state index < -0.39 is 11.3 Å². The third-order valence-electron chi connectivity index (χ3n) is 2.12. The van der Waals surface area contributed by atoms with Crippen LogP contribution in [0, 0.1) is 13.8 Å². The fourth-order valence-corrected chi connectivity index (χ4v) is 1.81. The van der Waals surface area contributed by atoms with E-state index in [0.717, 1.165) is 11.5 Å². The van der Waals surface area contributed by atoms with Gasteiger partial charge in [-0.2, -0.15) is 0 Å². The van der Waals surface area contributed by atoms with Crippen LogP contribution in [-0.2, 0) is 4.79 Å². The molecule has 2 N–H and O–H groups in total. The number of urea groups is 1. The molecule has 1 rings (SSSR count). The Morgan fingerprint density at radius 1 is 1.41 bits per heavy atom. The van der Waals surface area contributed by atoms with Crippen molar-refractivity contribution >= 4 is 23.7 Å². The number of rotatable bonds is 3. The van der Waals surface area contributed by atoms with E-state index in [1.165, 1.54) is 18.8 Å². The predicted octanol–water partition coefficient (Wildman–Crippen LogP) is 1.23. The number of amides is 3. The number of aromatic nitrogens is 1. The molecular formula is C10H15N3O3S. The molecule has 94 valence electrons. The summed E-state index contributed by atoms with van der Waals surface area (Å²) in [6, 6.07) is -0.526. The number of nitrogens with zero attached hydrogens (tertiary/aromatic N) is 1. The van der Waals surface area contributed by atoms with E-state index in [4.69, 9.17) is 4.42 Å². The molecule has 7 heteroatoms. The van der Waals surface area contributed by atoms with E-state index in [2.05, 4.69) is 15.6 Å². The zero-order valence-corrected chi connectivity index (χ0v) is 11.0. The molecule has 0 spiro atoms. The SMILES string of the molecule is CNC(=O)NC(=O)C(C)Sc1nc(C)c(C)o1. The fourth-order valence-electron chi connectivity index (χ4n) is 0.974. The summed E-state index contributed by atoms with van der Waals surface area (Å²) in [6.07, 6.45) is 0. The van der Waals surface area contributed by atoms with E-state index in [0.29, 0.717) is 5.22 Å². The molecule has 1 atom stereocenters. The van der Waals surface area contributed by atoms with Gasteiger partial charge in [-0.1, -0.05) is 11.8 Å². The number of imide groups is 1. The largest absolute Gasteiger partial charge is 0.437 e. The monoisotopic (exact) mass is 257 g/mol. The van der Waals surface area contributed by atoms with Crippen LogP contribution in [0.4, 0.5) is 4.79 Å². The van der Waals surface area contributed by atoms with Crippen molar-refractivity contribution < 1.29 is 14.0 Å². The van der Waals surface area contributed by atoms with E-state index in [1.54, 1.807) is 6.92 Å². The molecule has 3 amide bonds. The van der Waals surface area contributed by atoms with E-state index in [1.807, 2.05) is 13.8 Å². The van der Waals surface area contributed by atoms with Crippen LogP contribution in [0.3, 0.4) is 0 Å². The molecule has 0 aliphatic carbocycles. The number of hydrogen-bond acceptors (Lipinski definition) is 5. The Morgan fingerprint density at radius 2 is 2.06 bits per heavy atom. The molecule has 1 heterocycles. The Kier molecular flexibility index (Phi) is 4.56. The molecule has 6 nitrogen and oxygen atoms in total. The second kappa shape index (κ2) is 5.72. The number of carbonyl (C=O) groups excluding carboxylic acids is 2. The molecule has 17 heavy (non-hydrogen) atoms. The third kappa shape index (κ3) is 3.77. The summed E-state index contributed by atoms with van der Waals surface area (Å²) in [5.74, 6) is 0.342. The Morgan fingerprint density at radius 3 is 2.53 bits per heavy atom. The maximum absolute atomic E-state index is 11.5. The standard InChI is InChI=1S/C10H15N3O3S/c1-5-6(2)16-10(12-5)17-7(3)8(14)13-9(15)11-4/h7H,1-4H3,(H2,11,13,14,15). The number of hydrogen-bond donors (Lipinski definition) is 2. The highest BCUT2D eigenvalue weighted by atomic mass is 32.2. The molecule has 1 aromatic rings. The van der Waals surface area contributed by atoms with Crippen molar-refractivity contribution in [3.63, 3.8) is 0 Å². The third-order valence-corrected chi connectivity index (χ3v) is 3.06. The number of aryl methyl sites for hydroxylation is 2. The van der Waals surface area contributed by atoms with Gasteiger partial charge >= 0.3 is 6.03 Å². The van der Waals surface area contributed by atoms with Gasteiger partial charge in [-0.05, 0) is 20.8 Å². The Labute approximate surface area is 104 Å². The molecular weight excluding hydrogens is 242 g/mol. The van der Waals surface area contributed by atoms with Crippen LogP contribution in [0.1, 0.15) is 18.4 Å². The van der Waals surface area contributed by atoms with Crippen LogP contribution >= 0.6 is 11.8 Å². The number of oxazole rings is 1. The molecule has 0 fully saturated rings. The number of nitrogens with one attached hydrogen (secondary N) is 2. The lowest BCUT2D eigenvalue weighted by atomic mass is 10.4. The smallest absolute Gasteiger partial charge is 0.321 e. The van der Waals surface area contributed by atoms with Gasteiger partial charge in [0.05, 0.1) is 10.9 Å². The van der Waals surface area contributed by atoms with Gasteiger partial charge in [-0.15, -0.1) is 0 Å². The minimum Gasteiger partial charge on any atom is -0.437 e. The lowest BCUT2D eigenvalue weighted by Crippen LogP contribution is -2.41. The normalized spacial score (nSPS) is 12.0. The van der Waals surface area contributed by atoms with Gasteiger partial charge in [0.2, 0.25) is 5.91 Å². The summed E-state index contributed by atoms with van der Waals surface area (Å²) in [5.41, 5.74) is 0.798. The Balaban J connectivity index is 2.56. The second-order valence-electron chi connectivity index (χ2n) is 3.45. The molecule has 0 saturated heterocycles. The molecule has 1 unspecified atom stereocenters. The van der Waals surface area contributed by atoms with Gasteiger partial charge in [-0.3, -0.25) is 10.1 Å². The summed E-state index contributed by atoms with van der Waals surface area (Å²) >= 11 is 1.17. The molecule has 0 aliphatic heterocycles. The van der Waals surface area contributed by atoms with Gasteiger partial charge < -0.3 is 9.73 Å². The summed E-state index contributed by atoms with van der Waals surface area (Å²) in [4.78, 5) is 26.6. The number of thioether (sulfide) groups is 1. The highest BCUT2D eigenvalue weighted by molar-refractivity contribution is 8.00. The van der Waals surface area contributed by atoms with E-state index in [9.17, 15) is 9.59 Å². The van der Waals surface area contributed by atoms with Crippen LogP contribution in [-0.4, -0.2) is 29.2 Å². The van der Waals surface area contributed by atoms with Crippen LogP contribution in [0.2, 0.25) is 0 Å². The first-order valence-electron chi connectivity index (χ1n) is 5.07. The highest BCUT2D eigenvalue weighted by Crippen LogP contribution is 2.24. The number of carbonyl (C=O) groups is 2. The Hall–Kier alpha value is -1.50. The average Bonchev–Trinajstić information content (AvgIpc) is 2.57. The Bertz CT molecular complexity index is 411. The molecule has 0 aromatic carbocycles. The van der Waals surface area contributed by atoms with Crippen LogP contribution in [0.25, 0.3) is 0 Å². The van der Waals surface area contributed by atoms with Crippen LogP contribution in [0.15, 0.2) is 9.64 Å². The van der Waals surface area contributed by atoms with Gasteiger partial charge in [0.15, 0.2) is 0 Å². The van der Waals surface area contributed by atoms with Crippen molar-refractivity contribution in [3.8, 4) is 0 Å². The van der Waals surface area contributed by atoms with Gasteiger partial charge in [-0.25, -0.2) is 9.78 Å². The lowest BCUT2D eigenvalue weighted by molar-refractivity contribution is -0.119. The molecule has 0 bridgehead atoms. The summed E-state index contributed by atoms with van der Waals surface area (Å²) < 4.78 is 5.34. The molecule has 0 aliphatic rings. The van der Waals surface area contributed by atoms with Crippen LogP contribution in [0.5, 0.6) is 0 Å². The van der Waals surface area contributed by atoms with Crippen molar-refractivity contribution in [1.82, 2.24) is 15.6 Å². The summed E-state index contributed by atoms with van der Waals surface area (Å²) in [7, 11) is 1.45. The van der Waals surface area contributed by atoms with Crippen molar-refractivity contribution in [1.29, 1.82) is 0 Å². The minimum atomic E-state index is -0.526. The van der Waals surface area contributed by atoms with Crippen molar-refractivity contribution in [2.45, 2.75) is 31.2 Å². The van der Waals surface area contributed by atoms with E-state index >= 15 is 0 Å². The van der Waals surface area contributed by atoms with Gasteiger partial charge in [0.1, 0.15) is 5.76 Å². The zero-order chi connectivity index (χ0) is 13.0. The highest BCUT2D eigenvalue weighted by Gasteiger charge is 2.19. The first kappa shape index (κ1) is 13.6. The predicted molar refractivity (Wildman–Crippen MR) is 63.9 cm³/mol. The zero-order valence-electron chi connectivity index (χ0n) is 10.2.